The van der Waals surface area contributed by atoms with Crippen LogP contribution in [0.15, 0.2) is 48.5 Å². The molecular weight excluding hydrogens is 312 g/mol. The summed E-state index contributed by atoms with van der Waals surface area (Å²) in [7, 11) is 1.52. The molecule has 0 aromatic heterocycles. The minimum atomic E-state index is -1.08. The van der Waals surface area contributed by atoms with Crippen molar-refractivity contribution in [1.82, 2.24) is 4.90 Å². The lowest BCUT2D eigenvalue weighted by atomic mass is 9.95. The molecule has 3 rings (SSSR count). The van der Waals surface area contributed by atoms with Gasteiger partial charge in [-0.05, 0) is 18.2 Å². The number of non-ortho nitro benzene ring substituents is 1. The zero-order valence-electron chi connectivity index (χ0n) is 12.8. The maximum Gasteiger partial charge on any atom is 0.270 e. The van der Waals surface area contributed by atoms with Crippen molar-refractivity contribution in [2.45, 2.75) is 5.92 Å². The molecule has 1 aliphatic heterocycles. The monoisotopic (exact) mass is 326 g/mol. The Morgan fingerprint density at radius 3 is 2.46 bits per heavy atom. The van der Waals surface area contributed by atoms with E-state index >= 15 is 0 Å². The third-order valence-corrected chi connectivity index (χ3v) is 3.82. The van der Waals surface area contributed by atoms with E-state index in [2.05, 4.69) is 0 Å². The Morgan fingerprint density at radius 2 is 1.88 bits per heavy atom. The van der Waals surface area contributed by atoms with Crippen molar-refractivity contribution < 1.29 is 19.2 Å². The normalized spacial score (nSPS) is 17.2. The van der Waals surface area contributed by atoms with Gasteiger partial charge in [-0.25, -0.2) is 0 Å². The summed E-state index contributed by atoms with van der Waals surface area (Å²) in [6, 6.07) is 12.8. The Kier molecular flexibility index (Phi) is 3.99. The average Bonchev–Trinajstić information content (AvgIpc) is 2.81. The number of likely N-dealkylation sites (tertiary alicyclic amines) is 1. The van der Waals surface area contributed by atoms with Crippen molar-refractivity contribution in [3.63, 3.8) is 0 Å². The molecule has 0 spiro atoms. The molecule has 122 valence electrons. The second-order valence-electron chi connectivity index (χ2n) is 5.49. The summed E-state index contributed by atoms with van der Waals surface area (Å²) in [6.07, 6.45) is 0. The van der Waals surface area contributed by atoms with E-state index in [4.69, 9.17) is 4.74 Å². The number of hydrogen-bond donors (Lipinski definition) is 0. The lowest BCUT2D eigenvalue weighted by molar-refractivity contribution is -0.384. The Bertz CT molecular complexity index is 819. The van der Waals surface area contributed by atoms with Gasteiger partial charge in [0, 0.05) is 24.7 Å². The number of nitrogens with zero attached hydrogens (tertiary/aromatic N) is 2. The number of carbonyl (C=O) groups excluding carboxylic acids is 2. The molecule has 0 aliphatic carbocycles. The molecule has 24 heavy (non-hydrogen) atoms. The van der Waals surface area contributed by atoms with Gasteiger partial charge in [0.1, 0.15) is 17.4 Å². The minimum Gasteiger partial charge on any atom is -0.457 e. The summed E-state index contributed by atoms with van der Waals surface area (Å²) < 4.78 is 5.74. The minimum absolute atomic E-state index is 0.0169. The second kappa shape index (κ2) is 6.11. The van der Waals surface area contributed by atoms with Crippen molar-refractivity contribution in [3.05, 3.63) is 64.2 Å². The van der Waals surface area contributed by atoms with Gasteiger partial charge in [-0.2, -0.15) is 0 Å². The van der Waals surface area contributed by atoms with Crippen molar-refractivity contribution >= 4 is 17.4 Å². The highest BCUT2D eigenvalue weighted by molar-refractivity contribution is 6.13. The second-order valence-corrected chi connectivity index (χ2v) is 5.49. The Balaban J connectivity index is 2.07. The third-order valence-electron chi connectivity index (χ3n) is 3.82. The van der Waals surface area contributed by atoms with E-state index in [1.807, 2.05) is 6.07 Å². The van der Waals surface area contributed by atoms with Crippen LogP contribution in [0.5, 0.6) is 11.5 Å². The zero-order valence-corrected chi connectivity index (χ0v) is 12.8. The van der Waals surface area contributed by atoms with Crippen LogP contribution in [-0.2, 0) is 9.59 Å². The molecule has 1 heterocycles. The number of nitro benzene ring substituents is 1. The van der Waals surface area contributed by atoms with Gasteiger partial charge in [0.2, 0.25) is 5.91 Å². The molecule has 0 radical (unpaired) electrons. The quantitative estimate of drug-likeness (QED) is 0.489. The molecule has 1 atom stereocenters. The first-order chi connectivity index (χ1) is 11.5. The van der Waals surface area contributed by atoms with E-state index in [0.717, 1.165) is 0 Å². The van der Waals surface area contributed by atoms with Crippen molar-refractivity contribution in [2.75, 3.05) is 13.6 Å². The molecule has 1 aliphatic rings. The van der Waals surface area contributed by atoms with Gasteiger partial charge in [0.25, 0.3) is 5.69 Å². The molecule has 1 amide bonds. The van der Waals surface area contributed by atoms with Crippen molar-refractivity contribution in [3.8, 4) is 11.5 Å². The van der Waals surface area contributed by atoms with Gasteiger partial charge in [-0.1, -0.05) is 18.2 Å². The highest BCUT2D eigenvalue weighted by Gasteiger charge is 2.40. The van der Waals surface area contributed by atoms with Gasteiger partial charge in [-0.3, -0.25) is 19.7 Å². The Labute approximate surface area is 137 Å². The SMILES string of the molecule is CN1CC(=O)C(c2cc([N+](=O)[O-])ccc2Oc2ccccc2)C1=O. The smallest absolute Gasteiger partial charge is 0.270 e. The molecular formula is C17H14N2O5. The number of benzene rings is 2. The van der Waals surface area contributed by atoms with Crippen LogP contribution < -0.4 is 4.74 Å². The molecule has 0 N–H and O–H groups in total. The fourth-order valence-corrected chi connectivity index (χ4v) is 2.65. The fraction of sp³-hybridized carbons (Fsp3) is 0.176. The molecule has 7 heteroatoms. The van der Waals surface area contributed by atoms with Crippen molar-refractivity contribution in [2.24, 2.45) is 0 Å². The first kappa shape index (κ1) is 15.7. The van der Waals surface area contributed by atoms with Gasteiger partial charge < -0.3 is 9.64 Å². The molecule has 0 saturated carbocycles. The van der Waals surface area contributed by atoms with E-state index in [1.165, 1.54) is 30.1 Å². The van der Waals surface area contributed by atoms with Crippen LogP contribution in [-0.4, -0.2) is 35.1 Å². The van der Waals surface area contributed by atoms with E-state index in [-0.39, 0.29) is 29.3 Å². The van der Waals surface area contributed by atoms with Crippen LogP contribution in [0.2, 0.25) is 0 Å². The molecule has 7 nitrogen and oxygen atoms in total. The standard InChI is InChI=1S/C17H14N2O5/c1-18-10-14(20)16(17(18)21)13-9-11(19(22)23)7-8-15(13)24-12-5-3-2-4-6-12/h2-9,16H,10H2,1H3. The van der Waals surface area contributed by atoms with E-state index in [9.17, 15) is 19.7 Å². The summed E-state index contributed by atoms with van der Waals surface area (Å²) in [4.78, 5) is 36.3. The highest BCUT2D eigenvalue weighted by Crippen LogP contribution is 2.37. The average molecular weight is 326 g/mol. The molecule has 2 aromatic carbocycles. The van der Waals surface area contributed by atoms with Crippen LogP contribution in [0.3, 0.4) is 0 Å². The molecule has 1 saturated heterocycles. The zero-order chi connectivity index (χ0) is 17.3. The lowest BCUT2D eigenvalue weighted by Crippen LogP contribution is -2.22. The number of ketones is 1. The number of nitro groups is 1. The summed E-state index contributed by atoms with van der Waals surface area (Å²) in [5.74, 6) is -0.999. The Hall–Kier alpha value is -3.22. The summed E-state index contributed by atoms with van der Waals surface area (Å²) in [5, 5.41) is 11.0. The van der Waals surface area contributed by atoms with E-state index < -0.39 is 16.7 Å². The first-order valence-electron chi connectivity index (χ1n) is 7.26. The van der Waals surface area contributed by atoms with Gasteiger partial charge in [0.05, 0.1) is 11.5 Å². The topological polar surface area (TPSA) is 89.8 Å². The maximum atomic E-state index is 12.3. The number of rotatable bonds is 4. The number of hydrogen-bond acceptors (Lipinski definition) is 5. The number of ether oxygens (including phenoxy) is 1. The van der Waals surface area contributed by atoms with E-state index in [0.29, 0.717) is 5.75 Å². The van der Waals surface area contributed by atoms with Crippen LogP contribution in [0.4, 0.5) is 5.69 Å². The van der Waals surface area contributed by atoms with Crippen LogP contribution in [0.1, 0.15) is 11.5 Å². The summed E-state index contributed by atoms with van der Waals surface area (Å²) >= 11 is 0. The van der Waals surface area contributed by atoms with Crippen LogP contribution >= 0.6 is 0 Å². The number of likely N-dealkylation sites (N-methyl/N-ethyl adjacent to an activating group) is 1. The summed E-state index contributed by atoms with van der Waals surface area (Å²) in [6.45, 7) is -0.0169. The fourth-order valence-electron chi connectivity index (χ4n) is 2.65. The van der Waals surface area contributed by atoms with E-state index in [1.54, 1.807) is 24.3 Å². The number of para-hydroxylation sites is 1. The largest absolute Gasteiger partial charge is 0.457 e. The van der Waals surface area contributed by atoms with Gasteiger partial charge in [0.15, 0.2) is 5.78 Å². The predicted molar refractivity (Wildman–Crippen MR) is 85.0 cm³/mol. The van der Waals surface area contributed by atoms with Crippen molar-refractivity contribution in [1.29, 1.82) is 0 Å². The molecule has 0 bridgehead atoms. The number of Topliss-reactive ketones (excluding diaryl/α,β-unsaturated/α-hetero) is 1. The molecule has 1 unspecified atom stereocenters. The summed E-state index contributed by atoms with van der Waals surface area (Å²) in [5.41, 5.74) is 0.0213. The lowest BCUT2D eigenvalue weighted by Gasteiger charge is -2.14. The number of carbonyl (C=O) groups is 2. The predicted octanol–water partition coefficient (Wildman–Crippen LogP) is 2.51. The third kappa shape index (κ3) is 2.83. The van der Waals surface area contributed by atoms with Gasteiger partial charge >= 0.3 is 0 Å². The first-order valence-corrected chi connectivity index (χ1v) is 7.26. The Morgan fingerprint density at radius 1 is 1.17 bits per heavy atom. The number of amides is 1. The molecule has 1 fully saturated rings. The van der Waals surface area contributed by atoms with Crippen LogP contribution in [0, 0.1) is 10.1 Å². The van der Waals surface area contributed by atoms with Crippen LogP contribution in [0.25, 0.3) is 0 Å². The maximum absolute atomic E-state index is 12.3. The molecule has 2 aromatic rings. The van der Waals surface area contributed by atoms with Gasteiger partial charge in [-0.15, -0.1) is 0 Å². The highest BCUT2D eigenvalue weighted by atomic mass is 16.6.